The number of phenolic OH excluding ortho intramolecular Hbond substituents is 1. The summed E-state index contributed by atoms with van der Waals surface area (Å²) in [6.07, 6.45) is 0. The monoisotopic (exact) mass is 600 g/mol. The minimum atomic E-state index is -0.181. The third-order valence-electron chi connectivity index (χ3n) is 4.87. The first-order chi connectivity index (χ1) is 21.6. The molecule has 0 saturated carbocycles. The third-order valence-corrected chi connectivity index (χ3v) is 4.87. The van der Waals surface area contributed by atoms with E-state index in [1.54, 1.807) is 25.3 Å². The van der Waals surface area contributed by atoms with Crippen LogP contribution in [0.5, 0.6) is 11.5 Å². The lowest BCUT2D eigenvalue weighted by Gasteiger charge is -2.10. The Labute approximate surface area is 243 Å². The van der Waals surface area contributed by atoms with Crippen LogP contribution in [0.15, 0.2) is 146 Å². The Bertz CT molecular complexity index is 1790. The summed E-state index contributed by atoms with van der Waals surface area (Å²) in [7, 11) is 1.57. The van der Waals surface area contributed by atoms with Gasteiger partial charge in [0, 0.05) is 44.5 Å². The quantitative estimate of drug-likeness (QED) is 0.136. The molecule has 0 amide bonds. The van der Waals surface area contributed by atoms with Crippen molar-refractivity contribution in [1.82, 2.24) is 4.57 Å². The normalized spacial score (nSPS) is 13.0. The molecule has 2 aromatic carbocycles. The zero-order valence-corrected chi connectivity index (χ0v) is 22.3. The van der Waals surface area contributed by atoms with Crippen molar-refractivity contribution in [1.29, 1.82) is 10.8 Å². The molecule has 1 heterocycles. The molecule has 2 N–H and O–H groups in total. The number of ether oxygens (including phenoxy) is 1. The highest BCUT2D eigenvalue weighted by Crippen LogP contribution is 2.38. The van der Waals surface area contributed by atoms with E-state index < -0.39 is 0 Å². The molecule has 0 unspecified atom stereocenters. The first-order valence-corrected chi connectivity index (χ1v) is 11.5. The maximum Gasteiger partial charge on any atom is 0.143 e. The second kappa shape index (κ2) is 17.4. The Morgan fingerprint density at radius 1 is 0.750 bits per heavy atom. The standard InChI is InChI=1S/C18H16N24O2/c1-3-42-16-9-12(44-2)5-6-13(16)14(10-19)18(42)11-4-7-17(43)15(8-11)21-23-25-27-29-31-33-35-37-39-41-40-38-36-34-32-30-28-26-24-22-20/h4-9,20,43H,3H2,1-2H3/b22-20?,23-21?,26-24+,27-25+,30-28+,31-29+,34-32+,35-33+,38-36+,39-37+,41-40+. The first-order valence-electron chi connectivity index (χ1n) is 11.5. The van der Waals surface area contributed by atoms with Crippen molar-refractivity contribution >= 4 is 16.6 Å². The van der Waals surface area contributed by atoms with Crippen LogP contribution in [0.1, 0.15) is 12.5 Å². The van der Waals surface area contributed by atoms with Crippen LogP contribution in [-0.2, 0) is 6.54 Å². The molecule has 220 valence electrons. The number of aromatic nitrogens is 1. The number of nitriles is 1. The number of phenols is 1. The number of aromatic hydroxyl groups is 1. The highest BCUT2D eigenvalue weighted by molar-refractivity contribution is 5.95. The molecule has 0 aliphatic carbocycles. The molecule has 3 rings (SSSR count). The summed E-state index contributed by atoms with van der Waals surface area (Å²) in [4.78, 5) is 0. The van der Waals surface area contributed by atoms with Crippen LogP contribution in [-0.4, -0.2) is 16.8 Å². The van der Waals surface area contributed by atoms with Gasteiger partial charge in [0.1, 0.15) is 23.3 Å². The van der Waals surface area contributed by atoms with Gasteiger partial charge in [-0.2, -0.15) is 10.8 Å². The van der Waals surface area contributed by atoms with E-state index in [1.807, 2.05) is 23.6 Å². The van der Waals surface area contributed by atoms with E-state index in [0.29, 0.717) is 29.1 Å². The minimum Gasteiger partial charge on any atom is -0.506 e. The lowest BCUT2D eigenvalue weighted by atomic mass is 10.0. The lowest BCUT2D eigenvalue weighted by Crippen LogP contribution is -1.97. The largest absolute Gasteiger partial charge is 0.506 e. The number of nitrogens with one attached hydrogen (secondary N) is 1. The van der Waals surface area contributed by atoms with Crippen LogP contribution < -0.4 is 4.74 Å². The fourth-order valence-electron chi connectivity index (χ4n) is 3.34. The van der Waals surface area contributed by atoms with Crippen LogP contribution in [0.4, 0.5) is 5.69 Å². The predicted molar refractivity (Wildman–Crippen MR) is 139 cm³/mol. The van der Waals surface area contributed by atoms with Crippen molar-refractivity contribution in [2.45, 2.75) is 13.5 Å². The predicted octanol–water partition coefficient (Wildman–Crippen LogP) is 8.25. The zero-order chi connectivity index (χ0) is 31.4. The number of hydrogen-bond donors (Lipinski definition) is 2. The van der Waals surface area contributed by atoms with Crippen molar-refractivity contribution in [2.24, 2.45) is 110 Å². The Morgan fingerprint density at radius 3 is 1.75 bits per heavy atom. The minimum absolute atomic E-state index is 0.0651. The van der Waals surface area contributed by atoms with Crippen LogP contribution in [0, 0.1) is 16.9 Å². The Balaban J connectivity index is 1.58. The molecule has 0 radical (unpaired) electrons. The van der Waals surface area contributed by atoms with Crippen LogP contribution in [0.2, 0.25) is 0 Å². The lowest BCUT2D eigenvalue weighted by molar-refractivity contribution is 0.415. The van der Waals surface area contributed by atoms with Gasteiger partial charge in [-0.25, -0.2) is 0 Å². The molecule has 44 heavy (non-hydrogen) atoms. The summed E-state index contributed by atoms with van der Waals surface area (Å²) < 4.78 is 7.30. The number of hydrogen-bond acceptors (Lipinski definition) is 5. The van der Waals surface area contributed by atoms with Crippen LogP contribution >= 0.6 is 0 Å². The summed E-state index contributed by atoms with van der Waals surface area (Å²) >= 11 is 0. The summed E-state index contributed by atoms with van der Waals surface area (Å²) in [6.45, 7) is 2.52. The Kier molecular flexibility index (Phi) is 12.3. The Morgan fingerprint density at radius 2 is 1.27 bits per heavy atom. The zero-order valence-electron chi connectivity index (χ0n) is 22.3. The summed E-state index contributed by atoms with van der Waals surface area (Å²) in [5.74, 6) is 0.474. The van der Waals surface area contributed by atoms with Gasteiger partial charge in [0.25, 0.3) is 0 Å². The van der Waals surface area contributed by atoms with Crippen molar-refractivity contribution in [3.63, 3.8) is 0 Å². The molecule has 3 aromatic rings. The average molecular weight is 600 g/mol. The van der Waals surface area contributed by atoms with E-state index in [0.717, 1.165) is 10.9 Å². The number of rotatable bonds is 14. The number of methoxy groups -OCH3 is 1. The smallest absolute Gasteiger partial charge is 0.143 e. The van der Waals surface area contributed by atoms with Crippen molar-refractivity contribution in [3.8, 4) is 28.8 Å². The summed E-state index contributed by atoms with van der Waals surface area (Å²) in [6, 6.07) is 12.4. The fourth-order valence-corrected chi connectivity index (χ4v) is 3.34. The van der Waals surface area contributed by atoms with Gasteiger partial charge in [-0.15, -0.1) is 5.11 Å². The van der Waals surface area contributed by atoms with Gasteiger partial charge >= 0.3 is 0 Å². The molecule has 0 aliphatic heterocycles. The topological polar surface area (TPSA) is 342 Å². The van der Waals surface area contributed by atoms with E-state index in [4.69, 9.17) is 10.3 Å². The molecule has 1 aromatic heterocycles. The SMILES string of the molecule is CCn1c(-c2ccc(O)c(N=N/N=N/N=N/N=N/N=N/N=N/N=N/N=N/N=N/N=N/N=N)c2)c(C#N)c2ccc(OC)cc21. The maximum atomic E-state index is 10.2. The van der Waals surface area contributed by atoms with Gasteiger partial charge < -0.3 is 14.4 Å². The number of benzene rings is 2. The first kappa shape index (κ1) is 31.2. The molecule has 26 nitrogen and oxygen atoms in total. The summed E-state index contributed by atoms with van der Waals surface area (Å²) in [5, 5.41) is 85.7. The van der Waals surface area contributed by atoms with E-state index in [1.165, 1.54) is 6.07 Å². The second-order valence-corrected chi connectivity index (χ2v) is 7.07. The van der Waals surface area contributed by atoms with Crippen molar-refractivity contribution in [3.05, 3.63) is 42.0 Å². The molecular weight excluding hydrogens is 584 g/mol. The van der Waals surface area contributed by atoms with E-state index in [9.17, 15) is 10.4 Å². The second-order valence-electron chi connectivity index (χ2n) is 7.07. The molecule has 0 fully saturated rings. The van der Waals surface area contributed by atoms with Crippen LogP contribution in [0.25, 0.3) is 22.2 Å². The van der Waals surface area contributed by atoms with E-state index in [-0.39, 0.29) is 11.4 Å². The highest BCUT2D eigenvalue weighted by atomic mass is 16.5. The molecular formula is C18H16N24O2. The number of aryl methyl sites for hydroxylation is 1. The summed E-state index contributed by atoms with van der Waals surface area (Å²) in [5.41, 5.74) is 8.89. The van der Waals surface area contributed by atoms with Gasteiger partial charge in [0.15, 0.2) is 0 Å². The fraction of sp³-hybridized carbons (Fsp3) is 0.167. The molecule has 0 aliphatic rings. The molecule has 0 spiro atoms. The van der Waals surface area contributed by atoms with Gasteiger partial charge in [0.05, 0.1) is 23.9 Å². The van der Waals surface area contributed by atoms with Gasteiger partial charge in [-0.1, -0.05) is 0 Å². The van der Waals surface area contributed by atoms with Gasteiger partial charge in [-0.05, 0) is 121 Å². The molecule has 26 heteroatoms. The van der Waals surface area contributed by atoms with Crippen molar-refractivity contribution in [2.75, 3.05) is 7.11 Å². The van der Waals surface area contributed by atoms with Crippen molar-refractivity contribution < 1.29 is 9.84 Å². The van der Waals surface area contributed by atoms with E-state index in [2.05, 4.69) is 116 Å². The molecule has 0 saturated heterocycles. The molecule has 0 bridgehead atoms. The van der Waals surface area contributed by atoms with E-state index >= 15 is 0 Å². The average Bonchev–Trinajstić information content (AvgIpc) is 3.37. The van der Waals surface area contributed by atoms with Gasteiger partial charge in [-0.3, -0.25) is 0 Å². The van der Waals surface area contributed by atoms with Gasteiger partial charge in [0.2, 0.25) is 0 Å². The molecule has 0 atom stereocenters. The van der Waals surface area contributed by atoms with Crippen LogP contribution in [0.3, 0.4) is 0 Å². The number of nitrogens with zero attached hydrogens (tertiary/aromatic N) is 23. The highest BCUT2D eigenvalue weighted by Gasteiger charge is 2.19. The Hall–Kier alpha value is -7.33. The third kappa shape index (κ3) is 8.84. The maximum absolute atomic E-state index is 10.2. The number of fused-ring (bicyclic) bond motifs is 1.